The lowest BCUT2D eigenvalue weighted by molar-refractivity contribution is 0.275. The van der Waals surface area contributed by atoms with E-state index in [9.17, 15) is 0 Å². The molecular formula is C9H16N4S. The lowest BCUT2D eigenvalue weighted by Gasteiger charge is -2.32. The number of hydrogen-bond acceptors (Lipinski definition) is 4. The van der Waals surface area contributed by atoms with E-state index in [0.29, 0.717) is 5.92 Å². The number of piperidine rings is 1. The van der Waals surface area contributed by atoms with Crippen molar-refractivity contribution in [2.45, 2.75) is 12.8 Å². The van der Waals surface area contributed by atoms with Crippen molar-refractivity contribution in [2.24, 2.45) is 16.6 Å². The van der Waals surface area contributed by atoms with Gasteiger partial charge in [-0.2, -0.15) is 5.26 Å². The first-order valence-electron chi connectivity index (χ1n) is 4.77. The highest BCUT2D eigenvalue weighted by atomic mass is 32.2. The normalized spacial score (nSPS) is 19.5. The summed E-state index contributed by atoms with van der Waals surface area (Å²) in [5, 5.41) is 9.34. The summed E-state index contributed by atoms with van der Waals surface area (Å²) in [6.45, 7) is 2.73. The zero-order valence-corrected chi connectivity index (χ0v) is 9.26. The van der Waals surface area contributed by atoms with Crippen LogP contribution in [0, 0.1) is 17.4 Å². The molecule has 0 spiro atoms. The van der Waals surface area contributed by atoms with Crippen LogP contribution in [-0.2, 0) is 0 Å². The maximum absolute atomic E-state index is 8.50. The SMILES string of the molecule is CSC(=NC#N)N1CCC(CN)CC1. The van der Waals surface area contributed by atoms with E-state index < -0.39 is 0 Å². The van der Waals surface area contributed by atoms with E-state index >= 15 is 0 Å². The molecule has 14 heavy (non-hydrogen) atoms. The number of rotatable bonds is 1. The van der Waals surface area contributed by atoms with Gasteiger partial charge >= 0.3 is 0 Å². The maximum Gasteiger partial charge on any atom is 0.208 e. The molecule has 2 N–H and O–H groups in total. The zero-order valence-electron chi connectivity index (χ0n) is 8.44. The number of nitrogens with zero attached hydrogens (tertiary/aromatic N) is 3. The molecule has 0 unspecified atom stereocenters. The summed E-state index contributed by atoms with van der Waals surface area (Å²) >= 11 is 1.53. The second kappa shape index (κ2) is 5.89. The maximum atomic E-state index is 8.50. The Hall–Kier alpha value is -0.730. The summed E-state index contributed by atoms with van der Waals surface area (Å²) < 4.78 is 0. The van der Waals surface area contributed by atoms with Crippen LogP contribution in [0.25, 0.3) is 0 Å². The van der Waals surface area contributed by atoms with Crippen LogP contribution in [0.2, 0.25) is 0 Å². The lowest BCUT2D eigenvalue weighted by Crippen LogP contribution is -2.38. The van der Waals surface area contributed by atoms with E-state index in [-0.39, 0.29) is 0 Å². The van der Waals surface area contributed by atoms with Crippen molar-refractivity contribution in [1.82, 2.24) is 4.90 Å². The summed E-state index contributed by atoms with van der Waals surface area (Å²) in [5.41, 5.74) is 5.61. The molecule has 0 atom stereocenters. The molecule has 4 nitrogen and oxygen atoms in total. The van der Waals surface area contributed by atoms with E-state index in [0.717, 1.165) is 37.6 Å². The standard InChI is InChI=1S/C9H16N4S/c1-14-9(12-7-11)13-4-2-8(6-10)3-5-13/h8H,2-6,10H2,1H3. The fraction of sp³-hybridized carbons (Fsp3) is 0.778. The number of thioether (sulfide) groups is 1. The molecule has 78 valence electrons. The Kier molecular flexibility index (Phi) is 4.77. The summed E-state index contributed by atoms with van der Waals surface area (Å²) in [7, 11) is 0. The molecule has 1 rings (SSSR count). The van der Waals surface area contributed by atoms with Crippen LogP contribution in [0.15, 0.2) is 4.99 Å². The van der Waals surface area contributed by atoms with E-state index in [2.05, 4.69) is 9.89 Å². The molecule has 0 aromatic heterocycles. The largest absolute Gasteiger partial charge is 0.351 e. The van der Waals surface area contributed by atoms with E-state index in [4.69, 9.17) is 11.0 Å². The van der Waals surface area contributed by atoms with Gasteiger partial charge < -0.3 is 10.6 Å². The number of aliphatic imine (C=N–C) groups is 1. The van der Waals surface area contributed by atoms with Gasteiger partial charge in [0.1, 0.15) is 0 Å². The molecule has 1 saturated heterocycles. The van der Waals surface area contributed by atoms with Gasteiger partial charge in [0.25, 0.3) is 0 Å². The molecule has 0 amide bonds. The Morgan fingerprint density at radius 1 is 1.64 bits per heavy atom. The molecule has 5 heteroatoms. The average Bonchev–Trinajstić information content (AvgIpc) is 2.26. The van der Waals surface area contributed by atoms with E-state index in [1.807, 2.05) is 12.4 Å². The molecule has 0 aromatic carbocycles. The molecule has 0 aromatic rings. The van der Waals surface area contributed by atoms with Crippen molar-refractivity contribution in [3.63, 3.8) is 0 Å². The predicted octanol–water partition coefficient (Wildman–Crippen LogP) is 0.857. The smallest absolute Gasteiger partial charge is 0.208 e. The van der Waals surface area contributed by atoms with Crippen LogP contribution in [0.3, 0.4) is 0 Å². The van der Waals surface area contributed by atoms with E-state index in [1.165, 1.54) is 11.8 Å². The highest BCUT2D eigenvalue weighted by molar-refractivity contribution is 8.13. The highest BCUT2D eigenvalue weighted by Gasteiger charge is 2.20. The first-order valence-corrected chi connectivity index (χ1v) is 6.00. The van der Waals surface area contributed by atoms with Crippen LogP contribution in [0.5, 0.6) is 0 Å². The van der Waals surface area contributed by atoms with Gasteiger partial charge in [-0.3, -0.25) is 0 Å². The minimum absolute atomic E-state index is 0.649. The fourth-order valence-corrected chi connectivity index (χ4v) is 2.22. The molecular weight excluding hydrogens is 196 g/mol. The molecule has 0 aliphatic carbocycles. The second-order valence-corrected chi connectivity index (χ2v) is 4.14. The Balaban J connectivity index is 2.48. The van der Waals surface area contributed by atoms with Crippen molar-refractivity contribution in [3.8, 4) is 6.19 Å². The van der Waals surface area contributed by atoms with Gasteiger partial charge in [-0.05, 0) is 31.6 Å². The second-order valence-electron chi connectivity index (χ2n) is 3.36. The van der Waals surface area contributed by atoms with Crippen LogP contribution in [0.4, 0.5) is 0 Å². The van der Waals surface area contributed by atoms with Crippen molar-refractivity contribution >= 4 is 16.9 Å². The van der Waals surface area contributed by atoms with Crippen LogP contribution < -0.4 is 5.73 Å². The fourth-order valence-electron chi connectivity index (χ4n) is 1.65. The van der Waals surface area contributed by atoms with Crippen molar-refractivity contribution < 1.29 is 0 Å². The zero-order chi connectivity index (χ0) is 10.4. The number of hydrogen-bond donors (Lipinski definition) is 1. The molecule has 0 bridgehead atoms. The first-order chi connectivity index (χ1) is 6.81. The molecule has 1 heterocycles. The van der Waals surface area contributed by atoms with Crippen molar-refractivity contribution in [1.29, 1.82) is 5.26 Å². The highest BCUT2D eigenvalue weighted by Crippen LogP contribution is 2.18. The number of nitrogens with two attached hydrogens (primary N) is 1. The van der Waals surface area contributed by atoms with Crippen molar-refractivity contribution in [3.05, 3.63) is 0 Å². The van der Waals surface area contributed by atoms with Gasteiger partial charge in [-0.1, -0.05) is 11.8 Å². The van der Waals surface area contributed by atoms with Gasteiger partial charge in [0.05, 0.1) is 0 Å². The van der Waals surface area contributed by atoms with E-state index in [1.54, 1.807) is 0 Å². The average molecular weight is 212 g/mol. The van der Waals surface area contributed by atoms with Crippen LogP contribution in [0.1, 0.15) is 12.8 Å². The third-order valence-corrected chi connectivity index (χ3v) is 3.26. The van der Waals surface area contributed by atoms with Crippen LogP contribution >= 0.6 is 11.8 Å². The van der Waals surface area contributed by atoms with Gasteiger partial charge in [0.15, 0.2) is 5.17 Å². The Morgan fingerprint density at radius 3 is 2.71 bits per heavy atom. The third-order valence-electron chi connectivity index (χ3n) is 2.55. The monoisotopic (exact) mass is 212 g/mol. The summed E-state index contributed by atoms with van der Waals surface area (Å²) in [5.74, 6) is 0.649. The van der Waals surface area contributed by atoms with Gasteiger partial charge in [-0.25, -0.2) is 0 Å². The van der Waals surface area contributed by atoms with Crippen LogP contribution in [-0.4, -0.2) is 36.0 Å². The number of likely N-dealkylation sites (tertiary alicyclic amines) is 1. The van der Waals surface area contributed by atoms with Gasteiger partial charge in [-0.15, -0.1) is 4.99 Å². The lowest BCUT2D eigenvalue weighted by atomic mass is 9.98. The summed E-state index contributed by atoms with van der Waals surface area (Å²) in [6, 6.07) is 0. The Labute approximate surface area is 89.2 Å². The van der Waals surface area contributed by atoms with Gasteiger partial charge in [0, 0.05) is 13.1 Å². The number of nitriles is 1. The third kappa shape index (κ3) is 2.89. The minimum atomic E-state index is 0.649. The molecule has 1 aliphatic heterocycles. The van der Waals surface area contributed by atoms with Gasteiger partial charge in [0.2, 0.25) is 6.19 Å². The molecule has 1 fully saturated rings. The summed E-state index contributed by atoms with van der Waals surface area (Å²) in [4.78, 5) is 5.96. The first kappa shape index (κ1) is 11.3. The number of amidine groups is 1. The molecule has 0 radical (unpaired) electrons. The topological polar surface area (TPSA) is 65.4 Å². The minimum Gasteiger partial charge on any atom is -0.351 e. The molecule has 0 saturated carbocycles. The summed E-state index contributed by atoms with van der Waals surface area (Å²) in [6.07, 6.45) is 6.02. The molecule has 1 aliphatic rings. The predicted molar refractivity (Wildman–Crippen MR) is 59.9 cm³/mol. The Morgan fingerprint density at radius 2 is 2.29 bits per heavy atom. The Bertz CT molecular complexity index is 238. The quantitative estimate of drug-likeness (QED) is 0.398. The van der Waals surface area contributed by atoms with Crippen molar-refractivity contribution in [2.75, 3.05) is 25.9 Å².